The second kappa shape index (κ2) is 5.27. The van der Waals surface area contributed by atoms with E-state index in [9.17, 15) is 18.7 Å². The van der Waals surface area contributed by atoms with Gasteiger partial charge < -0.3 is 5.11 Å². The Balaban J connectivity index is 2.26. The Morgan fingerprint density at radius 2 is 2.00 bits per heavy atom. The normalized spacial score (nSPS) is 27.2. The molecule has 0 aliphatic heterocycles. The smallest absolute Gasteiger partial charge is 0.309 e. The molecular weight excluding hydrogens is 250 g/mol. The Bertz CT molecular complexity index is 477. The van der Waals surface area contributed by atoms with E-state index in [0.717, 1.165) is 31.0 Å². The van der Waals surface area contributed by atoms with Gasteiger partial charge in [-0.3, -0.25) is 4.79 Å². The van der Waals surface area contributed by atoms with Gasteiger partial charge in [-0.15, -0.1) is 0 Å². The Morgan fingerprint density at radius 3 is 2.58 bits per heavy atom. The van der Waals surface area contributed by atoms with Gasteiger partial charge in [0, 0.05) is 0 Å². The minimum atomic E-state index is -0.943. The van der Waals surface area contributed by atoms with Crippen molar-refractivity contribution in [3.05, 3.63) is 35.4 Å². The molecule has 1 fully saturated rings. The third kappa shape index (κ3) is 2.94. The molecular formula is C15H18F2O2. The lowest BCUT2D eigenvalue weighted by molar-refractivity contribution is -0.151. The summed E-state index contributed by atoms with van der Waals surface area (Å²) in [4.78, 5) is 11.6. The summed E-state index contributed by atoms with van der Waals surface area (Å²) in [5, 5.41) is 9.48. The van der Waals surface area contributed by atoms with Gasteiger partial charge in [-0.2, -0.15) is 0 Å². The second-order valence-corrected chi connectivity index (χ2v) is 5.68. The van der Waals surface area contributed by atoms with E-state index in [1.807, 2.05) is 0 Å². The number of rotatable bonds is 3. The second-order valence-electron chi connectivity index (χ2n) is 5.68. The standard InChI is InChI=1S/C15H18F2O2/c1-10-4-6-15(7-5-10,14(18)19)9-11-8-12(16)2-3-13(11)17/h2-3,8,10H,4-7,9H2,1H3,(H,18,19). The molecule has 1 N–H and O–H groups in total. The average Bonchev–Trinajstić information content (AvgIpc) is 2.36. The van der Waals surface area contributed by atoms with Crippen LogP contribution in [0.25, 0.3) is 0 Å². The highest BCUT2D eigenvalue weighted by atomic mass is 19.1. The van der Waals surface area contributed by atoms with Crippen LogP contribution in [0.2, 0.25) is 0 Å². The molecule has 1 aromatic carbocycles. The average molecular weight is 268 g/mol. The molecule has 0 unspecified atom stereocenters. The highest BCUT2D eigenvalue weighted by molar-refractivity contribution is 5.75. The predicted octanol–water partition coefficient (Wildman–Crippen LogP) is 3.79. The van der Waals surface area contributed by atoms with E-state index in [0.29, 0.717) is 18.8 Å². The molecule has 1 aliphatic rings. The fourth-order valence-corrected chi connectivity index (χ4v) is 2.82. The molecule has 0 spiro atoms. The summed E-state index contributed by atoms with van der Waals surface area (Å²) < 4.78 is 26.9. The van der Waals surface area contributed by atoms with E-state index in [-0.39, 0.29) is 12.0 Å². The first-order valence-electron chi connectivity index (χ1n) is 6.60. The predicted molar refractivity (Wildman–Crippen MR) is 67.8 cm³/mol. The zero-order valence-corrected chi connectivity index (χ0v) is 11.0. The Labute approximate surface area is 111 Å². The molecule has 0 atom stereocenters. The van der Waals surface area contributed by atoms with Crippen molar-refractivity contribution in [1.82, 2.24) is 0 Å². The maximum absolute atomic E-state index is 13.7. The zero-order chi connectivity index (χ0) is 14.0. The number of halogens is 2. The van der Waals surface area contributed by atoms with Crippen molar-refractivity contribution in [3.8, 4) is 0 Å². The van der Waals surface area contributed by atoms with E-state index < -0.39 is 23.0 Å². The van der Waals surface area contributed by atoms with Crippen molar-refractivity contribution < 1.29 is 18.7 Å². The van der Waals surface area contributed by atoms with E-state index in [1.54, 1.807) is 0 Å². The van der Waals surface area contributed by atoms with Crippen molar-refractivity contribution >= 4 is 5.97 Å². The van der Waals surface area contributed by atoms with Gasteiger partial charge in [-0.05, 0) is 61.8 Å². The van der Waals surface area contributed by atoms with Crippen LogP contribution in [-0.4, -0.2) is 11.1 Å². The lowest BCUT2D eigenvalue weighted by Crippen LogP contribution is -2.37. The minimum Gasteiger partial charge on any atom is -0.481 e. The minimum absolute atomic E-state index is 0.0681. The Kier molecular flexibility index (Phi) is 3.88. The van der Waals surface area contributed by atoms with Crippen molar-refractivity contribution in [2.75, 3.05) is 0 Å². The highest BCUT2D eigenvalue weighted by Crippen LogP contribution is 2.42. The molecule has 0 amide bonds. The summed E-state index contributed by atoms with van der Waals surface area (Å²) in [6.07, 6.45) is 2.77. The first-order valence-corrected chi connectivity index (χ1v) is 6.60. The molecule has 2 nitrogen and oxygen atoms in total. The molecule has 104 valence electrons. The molecule has 0 bridgehead atoms. The van der Waals surface area contributed by atoms with Crippen molar-refractivity contribution in [2.24, 2.45) is 11.3 Å². The first kappa shape index (κ1) is 14.0. The number of aliphatic carboxylic acids is 1. The van der Waals surface area contributed by atoms with E-state index in [1.165, 1.54) is 0 Å². The quantitative estimate of drug-likeness (QED) is 0.905. The maximum atomic E-state index is 13.7. The maximum Gasteiger partial charge on any atom is 0.309 e. The van der Waals surface area contributed by atoms with E-state index >= 15 is 0 Å². The topological polar surface area (TPSA) is 37.3 Å². The highest BCUT2D eigenvalue weighted by Gasteiger charge is 2.41. The molecule has 1 aromatic rings. The molecule has 19 heavy (non-hydrogen) atoms. The summed E-state index contributed by atoms with van der Waals surface area (Å²) in [5.74, 6) is -1.45. The van der Waals surface area contributed by atoms with Crippen LogP contribution >= 0.6 is 0 Å². The van der Waals surface area contributed by atoms with Gasteiger partial charge in [0.2, 0.25) is 0 Å². The summed E-state index contributed by atoms with van der Waals surface area (Å²) >= 11 is 0. The van der Waals surface area contributed by atoms with Crippen LogP contribution in [0.3, 0.4) is 0 Å². The van der Waals surface area contributed by atoms with Gasteiger partial charge in [-0.1, -0.05) is 6.92 Å². The Morgan fingerprint density at radius 1 is 1.37 bits per heavy atom. The van der Waals surface area contributed by atoms with Crippen LogP contribution in [0.5, 0.6) is 0 Å². The van der Waals surface area contributed by atoms with Crippen molar-refractivity contribution in [3.63, 3.8) is 0 Å². The summed E-state index contributed by atoms with van der Waals surface area (Å²) in [6.45, 7) is 2.09. The lowest BCUT2D eigenvalue weighted by Gasteiger charge is -2.36. The van der Waals surface area contributed by atoms with Gasteiger partial charge in [0.25, 0.3) is 0 Å². The fraction of sp³-hybridized carbons (Fsp3) is 0.533. The summed E-state index contributed by atoms with van der Waals surface area (Å²) in [7, 11) is 0. The third-order valence-electron chi connectivity index (χ3n) is 4.22. The number of carboxylic acids is 1. The molecule has 2 rings (SSSR count). The van der Waals surface area contributed by atoms with Crippen molar-refractivity contribution in [1.29, 1.82) is 0 Å². The SMILES string of the molecule is CC1CCC(Cc2cc(F)ccc2F)(C(=O)O)CC1. The summed E-state index contributed by atoms with van der Waals surface area (Å²) in [5.41, 5.74) is -0.779. The van der Waals surface area contributed by atoms with Gasteiger partial charge in [0.05, 0.1) is 5.41 Å². The number of benzene rings is 1. The first-order chi connectivity index (χ1) is 8.93. The molecule has 1 saturated carbocycles. The number of carboxylic acid groups (broad SMARTS) is 1. The van der Waals surface area contributed by atoms with E-state index in [4.69, 9.17) is 0 Å². The molecule has 4 heteroatoms. The lowest BCUT2D eigenvalue weighted by atomic mass is 9.68. The largest absolute Gasteiger partial charge is 0.481 e. The molecule has 0 aromatic heterocycles. The van der Waals surface area contributed by atoms with Crippen LogP contribution in [0, 0.1) is 23.0 Å². The third-order valence-corrected chi connectivity index (χ3v) is 4.22. The zero-order valence-electron chi connectivity index (χ0n) is 11.0. The van der Waals surface area contributed by atoms with Crippen molar-refractivity contribution in [2.45, 2.75) is 39.0 Å². The molecule has 0 heterocycles. The van der Waals surface area contributed by atoms with Gasteiger partial charge in [-0.25, -0.2) is 8.78 Å². The molecule has 0 radical (unpaired) electrons. The van der Waals surface area contributed by atoms with Gasteiger partial charge in [0.15, 0.2) is 0 Å². The number of carbonyl (C=O) groups is 1. The van der Waals surface area contributed by atoms with Gasteiger partial charge >= 0.3 is 5.97 Å². The molecule has 0 saturated heterocycles. The van der Waals surface area contributed by atoms with Gasteiger partial charge in [0.1, 0.15) is 11.6 Å². The number of hydrogen-bond acceptors (Lipinski definition) is 1. The van der Waals surface area contributed by atoms with Crippen LogP contribution in [0.4, 0.5) is 8.78 Å². The fourth-order valence-electron chi connectivity index (χ4n) is 2.82. The van der Waals surface area contributed by atoms with E-state index in [2.05, 4.69) is 6.92 Å². The van der Waals surface area contributed by atoms with Crippen LogP contribution in [0.1, 0.15) is 38.2 Å². The van der Waals surface area contributed by atoms with Crippen LogP contribution in [0.15, 0.2) is 18.2 Å². The Hall–Kier alpha value is -1.45. The monoisotopic (exact) mass is 268 g/mol. The molecule has 1 aliphatic carbocycles. The van der Waals surface area contributed by atoms with Crippen LogP contribution < -0.4 is 0 Å². The number of hydrogen-bond donors (Lipinski definition) is 1. The summed E-state index contributed by atoms with van der Waals surface area (Å²) in [6, 6.07) is 3.22. The van der Waals surface area contributed by atoms with Crippen LogP contribution in [-0.2, 0) is 11.2 Å².